The molecule has 1 amide bonds. The van der Waals surface area contributed by atoms with Crippen LogP contribution in [0.15, 0.2) is 35.8 Å². The first-order valence-electron chi connectivity index (χ1n) is 13.1. The number of rotatable bonds is 5. The van der Waals surface area contributed by atoms with Crippen LogP contribution >= 0.6 is 11.6 Å². The lowest BCUT2D eigenvalue weighted by Gasteiger charge is -2.31. The van der Waals surface area contributed by atoms with Gasteiger partial charge in [-0.25, -0.2) is 0 Å². The lowest BCUT2D eigenvalue weighted by Crippen LogP contribution is -2.39. The van der Waals surface area contributed by atoms with Gasteiger partial charge in [-0.05, 0) is 56.9 Å². The van der Waals surface area contributed by atoms with Gasteiger partial charge in [-0.1, -0.05) is 51.1 Å². The predicted molar refractivity (Wildman–Crippen MR) is 156 cm³/mol. The Morgan fingerprint density at radius 2 is 1.69 bits per heavy atom. The molecule has 0 aromatic heterocycles. The fourth-order valence-electron chi connectivity index (χ4n) is 4.02. The maximum atomic E-state index is 12.1. The normalized spacial score (nSPS) is 16.3. The summed E-state index contributed by atoms with van der Waals surface area (Å²) in [7, 11) is 0. The number of hydrogen-bond acceptors (Lipinski definition) is 7. The van der Waals surface area contributed by atoms with Crippen LogP contribution in [-0.2, 0) is 9.59 Å². The maximum absolute atomic E-state index is 12.1. The lowest BCUT2D eigenvalue weighted by atomic mass is 9.95. The molecule has 7 N–H and O–H groups in total. The molecule has 3 radical (unpaired) electrons. The van der Waals surface area contributed by atoms with Crippen LogP contribution in [0.2, 0.25) is 5.02 Å². The van der Waals surface area contributed by atoms with Gasteiger partial charge in [0.25, 0.3) is 5.91 Å². The number of nitrogens with zero attached hydrogens (tertiary/aromatic N) is 2. The Balaban J connectivity index is 0.000000804. The van der Waals surface area contributed by atoms with Crippen LogP contribution in [0.4, 0.5) is 0 Å². The van der Waals surface area contributed by atoms with Crippen molar-refractivity contribution in [1.82, 2.24) is 10.2 Å². The zero-order chi connectivity index (χ0) is 28.7. The summed E-state index contributed by atoms with van der Waals surface area (Å²) >= 11 is 5.72. The van der Waals surface area contributed by atoms with E-state index in [0.29, 0.717) is 47.9 Å². The summed E-state index contributed by atoms with van der Waals surface area (Å²) in [6.45, 7) is 7.11. The number of nitriles is 1. The van der Waals surface area contributed by atoms with Crippen LogP contribution in [0.3, 0.4) is 0 Å². The number of allylic oxidation sites excluding steroid dienone is 2. The molecule has 213 valence electrons. The zero-order valence-electron chi connectivity index (χ0n) is 23.3. The average Bonchev–Trinajstić information content (AvgIpc) is 2.91. The summed E-state index contributed by atoms with van der Waals surface area (Å²) in [4.78, 5) is 24.9. The Kier molecular flexibility index (Phi) is 17.3. The van der Waals surface area contributed by atoms with Gasteiger partial charge in [0, 0.05) is 33.1 Å². The Morgan fingerprint density at radius 1 is 1.13 bits per heavy atom. The van der Waals surface area contributed by atoms with Crippen LogP contribution in [-0.4, -0.2) is 54.5 Å². The van der Waals surface area contributed by atoms with Gasteiger partial charge in [0.05, 0.1) is 28.0 Å². The number of phenols is 1. The van der Waals surface area contributed by atoms with Gasteiger partial charge >= 0.3 is 5.97 Å². The van der Waals surface area contributed by atoms with Crippen LogP contribution in [0.5, 0.6) is 5.75 Å². The highest BCUT2D eigenvalue weighted by molar-refractivity contribution is 6.32. The van der Waals surface area contributed by atoms with Gasteiger partial charge in [-0.2, -0.15) is 5.26 Å². The van der Waals surface area contributed by atoms with Crippen molar-refractivity contribution in [3.63, 3.8) is 0 Å². The molecule has 1 aromatic rings. The minimum absolute atomic E-state index is 0. The van der Waals surface area contributed by atoms with Crippen molar-refractivity contribution in [1.29, 1.82) is 5.26 Å². The first kappa shape index (κ1) is 35.7. The summed E-state index contributed by atoms with van der Waals surface area (Å²) in [5.74, 6) is -0.673. The number of carboxylic acid groups (broad SMARTS) is 1. The molecule has 0 bridgehead atoms. The molecule has 1 aromatic carbocycles. The van der Waals surface area contributed by atoms with E-state index >= 15 is 0 Å². The van der Waals surface area contributed by atoms with Crippen molar-refractivity contribution in [2.24, 2.45) is 17.4 Å². The molecule has 11 heteroatoms. The standard InChI is InChI=1S/C17H28N4O3.C8H6ClNO.C3H8.B/c18-14(16(22)20-13-4-2-1-3-5-13)6-7-15(19)21-10-8-12(9-11-21)17(23)24;1-5-7(11)3-2-6(4-10)8(5)9;1-3-2;/h6-7,12-13H,1-5,8-11,18-19H2,(H,20,22)(H,23,24);2-3,11H,1H3;3H2,1-2H3;/b14-6-,15-7+;;;. The van der Waals surface area contributed by atoms with E-state index in [2.05, 4.69) is 19.2 Å². The molecule has 9 nitrogen and oxygen atoms in total. The number of carbonyl (C=O) groups excluding carboxylic acids is 1. The summed E-state index contributed by atoms with van der Waals surface area (Å²) in [6.07, 6.45) is 11.1. The number of aliphatic carboxylic acids is 1. The molecule has 1 saturated heterocycles. The number of amides is 1. The molecule has 0 atom stereocenters. The van der Waals surface area contributed by atoms with Gasteiger partial charge in [-0.15, -0.1) is 0 Å². The smallest absolute Gasteiger partial charge is 0.306 e. The second-order valence-corrected chi connectivity index (χ2v) is 9.89. The molecule has 2 aliphatic rings. The third-order valence-electron chi connectivity index (χ3n) is 6.32. The van der Waals surface area contributed by atoms with Crippen molar-refractivity contribution < 1.29 is 19.8 Å². The second-order valence-electron chi connectivity index (χ2n) is 9.51. The van der Waals surface area contributed by atoms with Crippen molar-refractivity contribution in [2.45, 2.75) is 78.2 Å². The molecule has 1 aliphatic carbocycles. The van der Waals surface area contributed by atoms with Gasteiger partial charge in [0.2, 0.25) is 0 Å². The van der Waals surface area contributed by atoms with E-state index in [1.807, 2.05) is 11.0 Å². The van der Waals surface area contributed by atoms with Gasteiger partial charge in [-0.3, -0.25) is 9.59 Å². The van der Waals surface area contributed by atoms with Crippen molar-refractivity contribution in [3.05, 3.63) is 52.0 Å². The number of halogens is 1. The van der Waals surface area contributed by atoms with E-state index < -0.39 is 5.97 Å². The largest absolute Gasteiger partial charge is 0.508 e. The third-order valence-corrected chi connectivity index (χ3v) is 6.81. The van der Waals surface area contributed by atoms with Gasteiger partial charge in [0.15, 0.2) is 0 Å². The second kappa shape index (κ2) is 18.9. The summed E-state index contributed by atoms with van der Waals surface area (Å²) in [5.41, 5.74) is 12.9. The molecule has 1 aliphatic heterocycles. The number of hydrogen-bond donors (Lipinski definition) is 5. The summed E-state index contributed by atoms with van der Waals surface area (Å²) in [5, 5.41) is 29.9. The highest BCUT2D eigenvalue weighted by atomic mass is 35.5. The minimum atomic E-state index is -0.749. The van der Waals surface area contributed by atoms with Crippen molar-refractivity contribution in [2.75, 3.05) is 13.1 Å². The quantitative estimate of drug-likeness (QED) is 0.204. The van der Waals surface area contributed by atoms with Crippen molar-refractivity contribution in [3.8, 4) is 11.8 Å². The van der Waals surface area contributed by atoms with Crippen molar-refractivity contribution >= 4 is 31.9 Å². The van der Waals surface area contributed by atoms with Crippen LogP contribution in [0, 0.1) is 24.2 Å². The first-order valence-corrected chi connectivity index (χ1v) is 13.5. The topological polar surface area (TPSA) is 166 Å². The number of nitrogens with one attached hydrogen (secondary N) is 1. The summed E-state index contributed by atoms with van der Waals surface area (Å²) < 4.78 is 0. The molecule has 1 heterocycles. The number of phenolic OH excluding ortho intramolecular Hbond substituents is 1. The first-order chi connectivity index (χ1) is 18.0. The fourth-order valence-corrected chi connectivity index (χ4v) is 4.22. The van der Waals surface area contributed by atoms with E-state index in [1.54, 1.807) is 13.0 Å². The molecule has 0 unspecified atom stereocenters. The number of aromatic hydroxyl groups is 1. The number of nitrogens with two attached hydrogens (primary N) is 2. The lowest BCUT2D eigenvalue weighted by molar-refractivity contribution is -0.143. The molecule has 39 heavy (non-hydrogen) atoms. The Labute approximate surface area is 239 Å². The molecule has 1 saturated carbocycles. The monoisotopic (exact) mass is 558 g/mol. The third kappa shape index (κ3) is 12.4. The molecule has 2 fully saturated rings. The predicted octanol–water partition coefficient (Wildman–Crippen LogP) is 4.14. The van der Waals surface area contributed by atoms with E-state index in [1.165, 1.54) is 31.1 Å². The fraction of sp³-hybridized carbons (Fsp3) is 0.536. The van der Waals surface area contributed by atoms with Crippen LogP contribution in [0.25, 0.3) is 0 Å². The van der Waals surface area contributed by atoms with E-state index in [-0.39, 0.29) is 37.7 Å². The molecular formula is C28H42BClN5O4. The average molecular weight is 559 g/mol. The van der Waals surface area contributed by atoms with E-state index in [9.17, 15) is 9.59 Å². The maximum Gasteiger partial charge on any atom is 0.306 e. The SMILES string of the molecule is CCC.Cc1c(O)ccc(C#N)c1Cl.N/C(=C\C=C(/N)N1CCC(C(=O)O)CC1)C(=O)NC1CCCCC1.[B]. The van der Waals surface area contributed by atoms with Gasteiger partial charge in [0.1, 0.15) is 11.8 Å². The molecule has 0 spiro atoms. The van der Waals surface area contributed by atoms with E-state index in [0.717, 1.165) is 25.7 Å². The summed E-state index contributed by atoms with van der Waals surface area (Å²) in [6, 6.07) is 5.09. The zero-order valence-corrected chi connectivity index (χ0v) is 24.0. The Hall–Kier alpha value is -3.32. The van der Waals surface area contributed by atoms with Crippen LogP contribution in [0.1, 0.15) is 76.3 Å². The van der Waals surface area contributed by atoms with E-state index in [4.69, 9.17) is 38.5 Å². The highest BCUT2D eigenvalue weighted by Gasteiger charge is 2.24. The minimum Gasteiger partial charge on any atom is -0.508 e. The Morgan fingerprint density at radius 3 is 2.21 bits per heavy atom. The van der Waals surface area contributed by atoms with Gasteiger partial charge < -0.3 is 31.9 Å². The number of carboxylic acids is 1. The van der Waals surface area contributed by atoms with Crippen LogP contribution < -0.4 is 16.8 Å². The number of likely N-dealkylation sites (tertiary alicyclic amines) is 1. The number of benzene rings is 1. The number of piperidine rings is 1. The number of carbonyl (C=O) groups is 2. The Bertz CT molecular complexity index is 1030. The molecular weight excluding hydrogens is 517 g/mol. The molecule has 3 rings (SSSR count). The highest BCUT2D eigenvalue weighted by Crippen LogP contribution is 2.27.